The van der Waals surface area contributed by atoms with Gasteiger partial charge in [-0.25, -0.2) is 0 Å². The molecule has 20 heavy (non-hydrogen) atoms. The van der Waals surface area contributed by atoms with Crippen molar-refractivity contribution in [3.05, 3.63) is 42.5 Å². The molecule has 0 radical (unpaired) electrons. The van der Waals surface area contributed by atoms with Crippen molar-refractivity contribution in [3.8, 4) is 5.75 Å². The van der Waals surface area contributed by atoms with Crippen molar-refractivity contribution in [1.29, 1.82) is 0 Å². The molecule has 0 fully saturated rings. The quantitative estimate of drug-likeness (QED) is 0.589. The maximum absolute atomic E-state index is 11.6. The molecule has 0 unspecified atom stereocenters. The summed E-state index contributed by atoms with van der Waals surface area (Å²) in [5, 5.41) is -0.0191. The molecule has 1 aromatic carbocycles. The van der Waals surface area contributed by atoms with Crippen molar-refractivity contribution in [1.82, 2.24) is 0 Å². The molecule has 110 valence electrons. The summed E-state index contributed by atoms with van der Waals surface area (Å²) in [6.07, 6.45) is 1.53. The summed E-state index contributed by atoms with van der Waals surface area (Å²) in [5.74, 6) is 1.23. The minimum Gasteiger partial charge on any atom is -0.497 e. The summed E-state index contributed by atoms with van der Waals surface area (Å²) in [6.45, 7) is 5.61. The number of esters is 1. The van der Waals surface area contributed by atoms with Crippen LogP contribution in [0.1, 0.15) is 12.5 Å². The Bertz CT molecular complexity index is 433. The molecule has 4 nitrogen and oxygen atoms in total. The molecule has 5 heteroatoms. The third-order valence-corrected chi connectivity index (χ3v) is 4.11. The lowest BCUT2D eigenvalue weighted by Gasteiger charge is -2.18. The first-order valence-corrected chi connectivity index (χ1v) is 7.41. The Morgan fingerprint density at radius 1 is 1.45 bits per heavy atom. The molecule has 0 aliphatic heterocycles. The highest BCUT2D eigenvalue weighted by atomic mass is 32.2. The van der Waals surface area contributed by atoms with Gasteiger partial charge in [-0.1, -0.05) is 31.7 Å². The van der Waals surface area contributed by atoms with Crippen LogP contribution in [0.15, 0.2) is 36.9 Å². The lowest BCUT2D eigenvalue weighted by atomic mass is 10.2. The van der Waals surface area contributed by atoms with Crippen molar-refractivity contribution in [2.45, 2.75) is 24.0 Å². The normalized spacial score (nSPS) is 13.3. The van der Waals surface area contributed by atoms with E-state index in [0.717, 1.165) is 17.1 Å². The highest BCUT2D eigenvalue weighted by Crippen LogP contribution is 2.21. The van der Waals surface area contributed by atoms with Crippen LogP contribution < -0.4 is 10.5 Å². The molecule has 0 spiro atoms. The lowest BCUT2D eigenvalue weighted by molar-refractivity contribution is -0.143. The molecule has 1 aromatic rings. The Balaban J connectivity index is 2.42. The van der Waals surface area contributed by atoms with Gasteiger partial charge in [0.2, 0.25) is 0 Å². The number of carbonyl (C=O) groups excluding carboxylic acids is 1. The van der Waals surface area contributed by atoms with Gasteiger partial charge < -0.3 is 15.2 Å². The molecule has 0 aliphatic carbocycles. The fourth-order valence-corrected chi connectivity index (χ4v) is 2.45. The number of hydrogen-bond donors (Lipinski definition) is 1. The minimum absolute atomic E-state index is 0.0191. The molecule has 0 amide bonds. The van der Waals surface area contributed by atoms with Gasteiger partial charge >= 0.3 is 5.97 Å². The standard InChI is InChI=1S/C15H21NO3S/c1-4-9-19-15(17)14(16)11(2)20-10-12-5-7-13(18-3)8-6-12/h4-8,11,14H,1,9-10,16H2,2-3H3/t11-,14+/m0/s1. The Hall–Kier alpha value is -1.46. The SMILES string of the molecule is C=CCOC(=O)[C@H](N)[C@H](C)SCc1ccc(OC)cc1. The van der Waals surface area contributed by atoms with E-state index in [9.17, 15) is 4.79 Å². The third kappa shape index (κ3) is 5.27. The van der Waals surface area contributed by atoms with Gasteiger partial charge in [-0.2, -0.15) is 11.8 Å². The van der Waals surface area contributed by atoms with E-state index in [1.165, 1.54) is 6.08 Å². The zero-order chi connectivity index (χ0) is 15.0. The van der Waals surface area contributed by atoms with Gasteiger partial charge in [0.05, 0.1) is 7.11 Å². The Kier molecular flexibility index (Phi) is 7.18. The summed E-state index contributed by atoms with van der Waals surface area (Å²) in [7, 11) is 1.64. The number of methoxy groups -OCH3 is 1. The summed E-state index contributed by atoms with van der Waals surface area (Å²) >= 11 is 1.62. The first-order chi connectivity index (χ1) is 9.58. The monoisotopic (exact) mass is 295 g/mol. The molecule has 0 aliphatic rings. The van der Waals surface area contributed by atoms with Gasteiger partial charge in [-0.15, -0.1) is 0 Å². The maximum Gasteiger partial charge on any atom is 0.324 e. The summed E-state index contributed by atoms with van der Waals surface area (Å²) in [6, 6.07) is 7.20. The number of nitrogens with two attached hydrogens (primary N) is 1. The molecule has 2 N–H and O–H groups in total. The van der Waals surface area contributed by atoms with Crippen molar-refractivity contribution < 1.29 is 14.3 Å². The highest BCUT2D eigenvalue weighted by Gasteiger charge is 2.22. The molecular formula is C15H21NO3S. The predicted molar refractivity (Wildman–Crippen MR) is 82.9 cm³/mol. The van der Waals surface area contributed by atoms with Crippen molar-refractivity contribution in [2.24, 2.45) is 5.73 Å². The van der Waals surface area contributed by atoms with Crippen LogP contribution in [0.5, 0.6) is 5.75 Å². The van der Waals surface area contributed by atoms with Gasteiger partial charge in [0.15, 0.2) is 0 Å². The Labute approximate surface area is 124 Å². The fourth-order valence-electron chi connectivity index (χ4n) is 1.48. The smallest absolute Gasteiger partial charge is 0.324 e. The number of benzene rings is 1. The molecule has 0 bridgehead atoms. The summed E-state index contributed by atoms with van der Waals surface area (Å²) in [5.41, 5.74) is 7.02. The van der Waals surface area contributed by atoms with Crippen LogP contribution in [0.3, 0.4) is 0 Å². The lowest BCUT2D eigenvalue weighted by Crippen LogP contribution is -2.40. The number of thioether (sulfide) groups is 1. The van der Waals surface area contributed by atoms with E-state index in [2.05, 4.69) is 6.58 Å². The summed E-state index contributed by atoms with van der Waals surface area (Å²) < 4.78 is 10.1. The van der Waals surface area contributed by atoms with Crippen molar-refractivity contribution >= 4 is 17.7 Å². The van der Waals surface area contributed by atoms with Gasteiger partial charge in [-0.3, -0.25) is 4.79 Å². The van der Waals surface area contributed by atoms with Crippen LogP contribution in [-0.4, -0.2) is 31.0 Å². The van der Waals surface area contributed by atoms with E-state index in [1.807, 2.05) is 31.2 Å². The third-order valence-electron chi connectivity index (χ3n) is 2.79. The number of rotatable bonds is 8. The molecule has 2 atom stereocenters. The van der Waals surface area contributed by atoms with E-state index in [4.69, 9.17) is 15.2 Å². The molecule has 0 aromatic heterocycles. The van der Waals surface area contributed by atoms with Crippen LogP contribution in [-0.2, 0) is 15.3 Å². The van der Waals surface area contributed by atoms with E-state index >= 15 is 0 Å². The number of hydrogen-bond acceptors (Lipinski definition) is 5. The van der Waals surface area contributed by atoms with Crippen molar-refractivity contribution in [2.75, 3.05) is 13.7 Å². The van der Waals surface area contributed by atoms with E-state index in [-0.39, 0.29) is 17.8 Å². The summed E-state index contributed by atoms with van der Waals surface area (Å²) in [4.78, 5) is 11.6. The van der Waals surface area contributed by atoms with Crippen molar-refractivity contribution in [3.63, 3.8) is 0 Å². The van der Waals surface area contributed by atoms with Gasteiger partial charge in [0.1, 0.15) is 18.4 Å². The van der Waals surface area contributed by atoms with Crippen LogP contribution in [0.2, 0.25) is 0 Å². The molecule has 1 rings (SSSR count). The first-order valence-electron chi connectivity index (χ1n) is 6.36. The minimum atomic E-state index is -0.627. The molecule has 0 heterocycles. The first kappa shape index (κ1) is 16.6. The van der Waals surface area contributed by atoms with Gasteiger partial charge in [0, 0.05) is 11.0 Å². The second-order valence-corrected chi connectivity index (χ2v) is 5.67. The Morgan fingerprint density at radius 2 is 2.10 bits per heavy atom. The zero-order valence-electron chi connectivity index (χ0n) is 11.9. The Morgan fingerprint density at radius 3 is 2.65 bits per heavy atom. The molecule has 0 saturated carbocycles. The fraction of sp³-hybridized carbons (Fsp3) is 0.400. The van der Waals surface area contributed by atoms with E-state index in [0.29, 0.717) is 0 Å². The average Bonchev–Trinajstić information content (AvgIpc) is 2.49. The largest absolute Gasteiger partial charge is 0.497 e. The van der Waals surface area contributed by atoms with Crippen LogP contribution in [0, 0.1) is 0 Å². The van der Waals surface area contributed by atoms with Gasteiger partial charge in [0.25, 0.3) is 0 Å². The molecular weight excluding hydrogens is 274 g/mol. The number of ether oxygens (including phenoxy) is 2. The predicted octanol–water partition coefficient (Wildman–Crippen LogP) is 2.37. The topological polar surface area (TPSA) is 61.5 Å². The van der Waals surface area contributed by atoms with Crippen LogP contribution in [0.4, 0.5) is 0 Å². The highest BCUT2D eigenvalue weighted by molar-refractivity contribution is 7.99. The second kappa shape index (κ2) is 8.66. The zero-order valence-corrected chi connectivity index (χ0v) is 12.7. The molecule has 0 saturated heterocycles. The van der Waals surface area contributed by atoms with Crippen LogP contribution >= 0.6 is 11.8 Å². The second-order valence-electron chi connectivity index (χ2n) is 4.31. The number of carbonyl (C=O) groups is 1. The van der Waals surface area contributed by atoms with E-state index < -0.39 is 6.04 Å². The van der Waals surface area contributed by atoms with E-state index in [1.54, 1.807) is 18.9 Å². The maximum atomic E-state index is 11.6. The van der Waals surface area contributed by atoms with Gasteiger partial charge in [-0.05, 0) is 17.7 Å². The average molecular weight is 295 g/mol. The van der Waals surface area contributed by atoms with Crippen LogP contribution in [0.25, 0.3) is 0 Å².